The van der Waals surface area contributed by atoms with Crippen molar-refractivity contribution in [2.45, 2.75) is 45.2 Å². The molecule has 0 aliphatic rings. The SMILES string of the molecule is CC(N)CCCC(C)C(=O)NC(CO)C(=O)O. The number of hydrogen-bond acceptors (Lipinski definition) is 4. The van der Waals surface area contributed by atoms with Gasteiger partial charge in [0, 0.05) is 12.0 Å². The fourth-order valence-corrected chi connectivity index (χ4v) is 1.38. The maximum absolute atomic E-state index is 11.6. The van der Waals surface area contributed by atoms with Crippen molar-refractivity contribution in [3.8, 4) is 0 Å². The second-order valence-corrected chi connectivity index (χ2v) is 4.39. The van der Waals surface area contributed by atoms with Gasteiger partial charge in [-0.3, -0.25) is 4.79 Å². The highest BCUT2D eigenvalue weighted by Gasteiger charge is 2.21. The minimum absolute atomic E-state index is 0.106. The quantitative estimate of drug-likeness (QED) is 0.470. The van der Waals surface area contributed by atoms with Gasteiger partial charge >= 0.3 is 5.97 Å². The van der Waals surface area contributed by atoms with E-state index >= 15 is 0 Å². The molecule has 3 unspecified atom stereocenters. The van der Waals surface area contributed by atoms with Gasteiger partial charge in [-0.1, -0.05) is 13.3 Å². The van der Waals surface area contributed by atoms with E-state index in [0.29, 0.717) is 6.42 Å². The lowest BCUT2D eigenvalue weighted by atomic mass is 10.0. The largest absolute Gasteiger partial charge is 0.480 e. The summed E-state index contributed by atoms with van der Waals surface area (Å²) in [5, 5.41) is 19.7. The fourth-order valence-electron chi connectivity index (χ4n) is 1.38. The molecular formula is C11H22N2O4. The van der Waals surface area contributed by atoms with Gasteiger partial charge in [-0.15, -0.1) is 0 Å². The number of nitrogens with one attached hydrogen (secondary N) is 1. The average Bonchev–Trinajstić information content (AvgIpc) is 2.24. The number of nitrogens with two attached hydrogens (primary N) is 1. The van der Waals surface area contributed by atoms with Gasteiger partial charge in [-0.25, -0.2) is 4.79 Å². The van der Waals surface area contributed by atoms with Gasteiger partial charge < -0.3 is 21.3 Å². The molecule has 0 heterocycles. The summed E-state index contributed by atoms with van der Waals surface area (Å²) in [5.41, 5.74) is 5.59. The Morgan fingerprint density at radius 3 is 2.29 bits per heavy atom. The summed E-state index contributed by atoms with van der Waals surface area (Å²) in [6.45, 7) is 3.03. The summed E-state index contributed by atoms with van der Waals surface area (Å²) in [6, 6.07) is -1.12. The van der Waals surface area contributed by atoms with Gasteiger partial charge in [-0.05, 0) is 19.8 Å². The van der Waals surface area contributed by atoms with E-state index in [-0.39, 0.29) is 17.9 Å². The third-order valence-electron chi connectivity index (χ3n) is 2.54. The van der Waals surface area contributed by atoms with Crippen LogP contribution >= 0.6 is 0 Å². The topological polar surface area (TPSA) is 113 Å². The minimum atomic E-state index is -1.23. The molecule has 0 radical (unpaired) electrons. The van der Waals surface area contributed by atoms with Gasteiger partial charge in [0.2, 0.25) is 5.91 Å². The van der Waals surface area contributed by atoms with Crippen LogP contribution < -0.4 is 11.1 Å². The predicted octanol–water partition coefficient (Wildman–Crippen LogP) is -0.298. The van der Waals surface area contributed by atoms with E-state index in [9.17, 15) is 9.59 Å². The number of aliphatic hydroxyl groups excluding tert-OH is 1. The molecule has 1 amide bonds. The summed E-state index contributed by atoms with van der Waals surface area (Å²) in [7, 11) is 0. The van der Waals surface area contributed by atoms with E-state index in [1.54, 1.807) is 6.92 Å². The van der Waals surface area contributed by atoms with Crippen molar-refractivity contribution < 1.29 is 19.8 Å². The van der Waals surface area contributed by atoms with Gasteiger partial charge in [0.15, 0.2) is 0 Å². The third-order valence-corrected chi connectivity index (χ3v) is 2.54. The molecule has 0 saturated carbocycles. The van der Waals surface area contributed by atoms with Crippen molar-refractivity contribution in [1.29, 1.82) is 0 Å². The van der Waals surface area contributed by atoms with E-state index in [1.807, 2.05) is 6.92 Å². The van der Waals surface area contributed by atoms with Crippen LogP contribution in [0.15, 0.2) is 0 Å². The van der Waals surface area contributed by atoms with Crippen LogP contribution in [0.2, 0.25) is 0 Å². The highest BCUT2D eigenvalue weighted by atomic mass is 16.4. The van der Waals surface area contributed by atoms with Crippen molar-refractivity contribution >= 4 is 11.9 Å². The Balaban J connectivity index is 4.00. The molecule has 0 aromatic rings. The second-order valence-electron chi connectivity index (χ2n) is 4.39. The Labute approximate surface area is 101 Å². The number of aliphatic carboxylic acids is 1. The molecule has 0 fully saturated rings. The monoisotopic (exact) mass is 246 g/mol. The smallest absolute Gasteiger partial charge is 0.328 e. The van der Waals surface area contributed by atoms with E-state index < -0.39 is 18.6 Å². The average molecular weight is 246 g/mol. The van der Waals surface area contributed by atoms with E-state index in [1.165, 1.54) is 0 Å². The first-order chi connectivity index (χ1) is 7.88. The number of aliphatic hydroxyl groups is 1. The molecule has 0 rings (SSSR count). The lowest BCUT2D eigenvalue weighted by Gasteiger charge is -2.16. The van der Waals surface area contributed by atoms with E-state index in [4.69, 9.17) is 15.9 Å². The fraction of sp³-hybridized carbons (Fsp3) is 0.818. The maximum Gasteiger partial charge on any atom is 0.328 e. The maximum atomic E-state index is 11.6. The van der Waals surface area contributed by atoms with Crippen LogP contribution in [0.5, 0.6) is 0 Å². The number of hydrogen-bond donors (Lipinski definition) is 4. The van der Waals surface area contributed by atoms with Crippen LogP contribution in [0, 0.1) is 5.92 Å². The number of amides is 1. The van der Waals surface area contributed by atoms with Crippen LogP contribution in [0.1, 0.15) is 33.1 Å². The first-order valence-corrected chi connectivity index (χ1v) is 5.78. The highest BCUT2D eigenvalue weighted by Crippen LogP contribution is 2.09. The molecular weight excluding hydrogens is 224 g/mol. The number of carbonyl (C=O) groups is 2. The summed E-state index contributed by atoms with van der Waals surface area (Å²) < 4.78 is 0. The molecule has 0 aromatic carbocycles. The summed E-state index contributed by atoms with van der Waals surface area (Å²) >= 11 is 0. The Morgan fingerprint density at radius 2 is 1.88 bits per heavy atom. The molecule has 17 heavy (non-hydrogen) atoms. The van der Waals surface area contributed by atoms with Crippen molar-refractivity contribution in [3.05, 3.63) is 0 Å². The van der Waals surface area contributed by atoms with Gasteiger partial charge in [0.1, 0.15) is 6.04 Å². The Kier molecular flexibility index (Phi) is 7.49. The number of carboxylic acids is 1. The summed E-state index contributed by atoms with van der Waals surface area (Å²) in [6.07, 6.45) is 2.31. The van der Waals surface area contributed by atoms with Crippen molar-refractivity contribution in [2.75, 3.05) is 6.61 Å². The van der Waals surface area contributed by atoms with Crippen LogP contribution in [0.3, 0.4) is 0 Å². The van der Waals surface area contributed by atoms with Crippen molar-refractivity contribution in [2.24, 2.45) is 11.7 Å². The molecule has 6 heteroatoms. The van der Waals surface area contributed by atoms with Crippen LogP contribution in [0.25, 0.3) is 0 Å². The highest BCUT2D eigenvalue weighted by molar-refractivity contribution is 5.84. The first-order valence-electron chi connectivity index (χ1n) is 5.78. The summed E-state index contributed by atoms with van der Waals surface area (Å²) in [5.74, 6) is -1.86. The standard InChI is InChI=1S/C11H22N2O4/c1-7(4-3-5-8(2)12)10(15)13-9(6-14)11(16)17/h7-9,14H,3-6,12H2,1-2H3,(H,13,15)(H,16,17). The molecule has 0 aliphatic heterocycles. The molecule has 0 bridgehead atoms. The van der Waals surface area contributed by atoms with E-state index in [0.717, 1.165) is 12.8 Å². The van der Waals surface area contributed by atoms with Crippen molar-refractivity contribution in [3.63, 3.8) is 0 Å². The Morgan fingerprint density at radius 1 is 1.29 bits per heavy atom. The molecule has 5 N–H and O–H groups in total. The Bertz CT molecular complexity index is 256. The lowest BCUT2D eigenvalue weighted by Crippen LogP contribution is -2.45. The minimum Gasteiger partial charge on any atom is -0.480 e. The lowest BCUT2D eigenvalue weighted by molar-refractivity contribution is -0.143. The molecule has 6 nitrogen and oxygen atoms in total. The van der Waals surface area contributed by atoms with Crippen LogP contribution in [0.4, 0.5) is 0 Å². The first kappa shape index (κ1) is 15.9. The predicted molar refractivity (Wildman–Crippen MR) is 63.3 cm³/mol. The van der Waals surface area contributed by atoms with E-state index in [2.05, 4.69) is 5.32 Å². The van der Waals surface area contributed by atoms with Gasteiger partial charge in [0.05, 0.1) is 6.61 Å². The molecule has 0 spiro atoms. The van der Waals surface area contributed by atoms with Gasteiger partial charge in [0.25, 0.3) is 0 Å². The number of rotatable bonds is 8. The zero-order valence-corrected chi connectivity index (χ0v) is 10.3. The molecule has 0 aliphatic carbocycles. The van der Waals surface area contributed by atoms with Crippen LogP contribution in [-0.2, 0) is 9.59 Å². The Hall–Kier alpha value is -1.14. The zero-order chi connectivity index (χ0) is 13.4. The molecule has 3 atom stereocenters. The zero-order valence-electron chi connectivity index (χ0n) is 10.3. The van der Waals surface area contributed by atoms with Crippen molar-refractivity contribution in [1.82, 2.24) is 5.32 Å². The molecule has 0 aromatic heterocycles. The third kappa shape index (κ3) is 6.91. The second kappa shape index (κ2) is 8.03. The van der Waals surface area contributed by atoms with Crippen LogP contribution in [-0.4, -0.2) is 40.8 Å². The summed E-state index contributed by atoms with van der Waals surface area (Å²) in [4.78, 5) is 22.2. The molecule has 0 saturated heterocycles. The molecule has 100 valence electrons. The number of carbonyl (C=O) groups excluding carboxylic acids is 1. The van der Waals surface area contributed by atoms with Gasteiger partial charge in [-0.2, -0.15) is 0 Å². The normalized spacial score (nSPS) is 16.0. The number of carboxylic acid groups (broad SMARTS) is 1.